The van der Waals surface area contributed by atoms with Crippen LogP contribution in [0.15, 0.2) is 6.07 Å². The molecule has 18 heavy (non-hydrogen) atoms. The Morgan fingerprint density at radius 2 is 1.94 bits per heavy atom. The maximum atomic E-state index is 12.2. The second-order valence-corrected chi connectivity index (χ2v) is 7.10. The molecule has 3 heteroatoms. The number of carbonyl (C=O) groups is 1. The third-order valence-corrected chi connectivity index (χ3v) is 4.27. The Bertz CT molecular complexity index is 409. The van der Waals surface area contributed by atoms with Gasteiger partial charge >= 0.3 is 0 Å². The third-order valence-electron chi connectivity index (χ3n) is 3.30. The molecule has 1 heterocycles. The predicted octanol–water partition coefficient (Wildman–Crippen LogP) is 3.91. The number of likely N-dealkylation sites (N-methyl/N-ethyl adjacent to an activating group) is 1. The van der Waals surface area contributed by atoms with E-state index in [1.807, 2.05) is 20.0 Å². The molecule has 102 valence electrons. The fourth-order valence-corrected chi connectivity index (χ4v) is 3.18. The van der Waals surface area contributed by atoms with Gasteiger partial charge < -0.3 is 0 Å². The molecule has 1 unspecified atom stereocenters. The van der Waals surface area contributed by atoms with Crippen LogP contribution in [-0.4, -0.2) is 30.3 Å². The van der Waals surface area contributed by atoms with Crippen LogP contribution in [-0.2, 0) is 0 Å². The van der Waals surface area contributed by atoms with Crippen LogP contribution in [0.2, 0.25) is 0 Å². The first kappa shape index (κ1) is 15.4. The van der Waals surface area contributed by atoms with Crippen LogP contribution in [0.25, 0.3) is 0 Å². The van der Waals surface area contributed by atoms with Gasteiger partial charge in [-0.3, -0.25) is 9.69 Å². The van der Waals surface area contributed by atoms with Crippen LogP contribution in [0.4, 0.5) is 0 Å². The Morgan fingerprint density at radius 1 is 1.33 bits per heavy atom. The van der Waals surface area contributed by atoms with Crippen LogP contribution >= 0.6 is 11.3 Å². The van der Waals surface area contributed by atoms with Crippen LogP contribution in [0.1, 0.15) is 47.3 Å². The zero-order valence-electron chi connectivity index (χ0n) is 12.4. The summed E-state index contributed by atoms with van der Waals surface area (Å²) in [6.45, 7) is 11.2. The molecule has 0 fully saturated rings. The van der Waals surface area contributed by atoms with Gasteiger partial charge in [-0.2, -0.15) is 0 Å². The van der Waals surface area contributed by atoms with Crippen molar-refractivity contribution in [2.45, 2.75) is 47.1 Å². The summed E-state index contributed by atoms with van der Waals surface area (Å²) in [5.41, 5.74) is 0.904. The van der Waals surface area contributed by atoms with Gasteiger partial charge in [-0.05, 0) is 46.2 Å². The lowest BCUT2D eigenvalue weighted by Gasteiger charge is -2.25. The van der Waals surface area contributed by atoms with Crippen molar-refractivity contribution in [3.8, 4) is 0 Å². The van der Waals surface area contributed by atoms with Gasteiger partial charge in [0, 0.05) is 21.4 Å². The molecule has 0 aliphatic heterocycles. The minimum atomic E-state index is 0.245. The van der Waals surface area contributed by atoms with Gasteiger partial charge in [0.05, 0.1) is 6.54 Å². The third kappa shape index (κ3) is 4.21. The SMILES string of the molecule is Cc1cc(C(=O)CN(C)C(C)CC(C)C)c(C)s1. The van der Waals surface area contributed by atoms with E-state index in [2.05, 4.69) is 32.6 Å². The Balaban J connectivity index is 2.62. The molecule has 1 aromatic rings. The van der Waals surface area contributed by atoms with Crippen molar-refractivity contribution < 1.29 is 4.79 Å². The molecule has 0 bridgehead atoms. The average molecular weight is 267 g/mol. The number of nitrogens with zero attached hydrogens (tertiary/aromatic N) is 1. The summed E-state index contributed by atoms with van der Waals surface area (Å²) in [6, 6.07) is 2.47. The highest BCUT2D eigenvalue weighted by molar-refractivity contribution is 7.12. The van der Waals surface area contributed by atoms with E-state index in [9.17, 15) is 4.79 Å². The van der Waals surface area contributed by atoms with Crippen molar-refractivity contribution >= 4 is 17.1 Å². The second-order valence-electron chi connectivity index (χ2n) is 5.64. The van der Waals surface area contributed by atoms with E-state index in [-0.39, 0.29) is 5.78 Å². The summed E-state index contributed by atoms with van der Waals surface area (Å²) in [5, 5.41) is 0. The molecule has 0 aromatic carbocycles. The highest BCUT2D eigenvalue weighted by Crippen LogP contribution is 2.21. The highest BCUT2D eigenvalue weighted by atomic mass is 32.1. The lowest BCUT2D eigenvalue weighted by atomic mass is 10.0. The van der Waals surface area contributed by atoms with Crippen LogP contribution in [0.3, 0.4) is 0 Å². The predicted molar refractivity (Wildman–Crippen MR) is 79.7 cm³/mol. The van der Waals surface area contributed by atoms with E-state index in [1.165, 1.54) is 4.88 Å². The molecule has 2 nitrogen and oxygen atoms in total. The zero-order chi connectivity index (χ0) is 13.9. The summed E-state index contributed by atoms with van der Waals surface area (Å²) in [5.74, 6) is 0.914. The molecule has 0 radical (unpaired) electrons. The van der Waals surface area contributed by atoms with Crippen molar-refractivity contribution in [2.24, 2.45) is 5.92 Å². The van der Waals surface area contributed by atoms with Crippen LogP contribution < -0.4 is 0 Å². The lowest BCUT2D eigenvalue weighted by Crippen LogP contribution is -2.34. The normalized spacial score (nSPS) is 13.3. The lowest BCUT2D eigenvalue weighted by molar-refractivity contribution is 0.0916. The zero-order valence-corrected chi connectivity index (χ0v) is 13.2. The molecular weight excluding hydrogens is 242 g/mol. The van der Waals surface area contributed by atoms with Gasteiger partial charge in [-0.1, -0.05) is 13.8 Å². The van der Waals surface area contributed by atoms with E-state index in [1.54, 1.807) is 11.3 Å². The number of ketones is 1. The summed E-state index contributed by atoms with van der Waals surface area (Å²) in [6.07, 6.45) is 1.13. The second kappa shape index (κ2) is 6.48. The molecule has 1 aromatic heterocycles. The molecule has 0 N–H and O–H groups in total. The maximum Gasteiger partial charge on any atom is 0.177 e. The standard InChI is InChI=1S/C15H25NOS/c1-10(2)7-11(3)16(6)9-15(17)14-8-12(4)18-13(14)5/h8,10-11H,7,9H2,1-6H3. The fraction of sp³-hybridized carbons (Fsp3) is 0.667. The van der Waals surface area contributed by atoms with E-state index >= 15 is 0 Å². The molecule has 0 aliphatic rings. The van der Waals surface area contributed by atoms with E-state index in [0.29, 0.717) is 18.5 Å². The van der Waals surface area contributed by atoms with Gasteiger partial charge in [-0.15, -0.1) is 11.3 Å². The fourth-order valence-electron chi connectivity index (χ4n) is 2.24. The van der Waals surface area contributed by atoms with E-state index < -0.39 is 0 Å². The Kier molecular flexibility index (Phi) is 5.54. The van der Waals surface area contributed by atoms with E-state index in [4.69, 9.17) is 0 Å². The van der Waals surface area contributed by atoms with Crippen molar-refractivity contribution in [2.75, 3.05) is 13.6 Å². The van der Waals surface area contributed by atoms with Gasteiger partial charge in [0.1, 0.15) is 0 Å². The van der Waals surface area contributed by atoms with Crippen molar-refractivity contribution in [1.82, 2.24) is 4.90 Å². The van der Waals surface area contributed by atoms with Crippen LogP contribution in [0.5, 0.6) is 0 Å². The number of hydrogen-bond donors (Lipinski definition) is 0. The number of hydrogen-bond acceptors (Lipinski definition) is 3. The molecule has 1 rings (SSSR count). The summed E-state index contributed by atoms with van der Waals surface area (Å²) >= 11 is 1.70. The first-order valence-electron chi connectivity index (χ1n) is 6.61. The summed E-state index contributed by atoms with van der Waals surface area (Å²) in [4.78, 5) is 16.8. The van der Waals surface area contributed by atoms with Crippen LogP contribution in [0, 0.1) is 19.8 Å². The van der Waals surface area contributed by atoms with E-state index in [0.717, 1.165) is 16.9 Å². The van der Waals surface area contributed by atoms with Gasteiger partial charge in [0.25, 0.3) is 0 Å². The molecule has 0 aliphatic carbocycles. The maximum absolute atomic E-state index is 12.2. The number of aryl methyl sites for hydroxylation is 2. The monoisotopic (exact) mass is 267 g/mol. The average Bonchev–Trinajstić information content (AvgIpc) is 2.56. The molecule has 1 atom stereocenters. The Hall–Kier alpha value is -0.670. The van der Waals surface area contributed by atoms with Gasteiger partial charge in [0.15, 0.2) is 5.78 Å². The quantitative estimate of drug-likeness (QED) is 0.728. The first-order valence-corrected chi connectivity index (χ1v) is 7.43. The summed E-state index contributed by atoms with van der Waals surface area (Å²) < 4.78 is 0. The topological polar surface area (TPSA) is 20.3 Å². The Morgan fingerprint density at radius 3 is 2.39 bits per heavy atom. The minimum absolute atomic E-state index is 0.245. The minimum Gasteiger partial charge on any atom is -0.296 e. The first-order chi connectivity index (χ1) is 8.31. The van der Waals surface area contributed by atoms with Crippen molar-refractivity contribution in [1.29, 1.82) is 0 Å². The highest BCUT2D eigenvalue weighted by Gasteiger charge is 2.17. The number of thiophene rings is 1. The van der Waals surface area contributed by atoms with Gasteiger partial charge in [-0.25, -0.2) is 0 Å². The molecule has 0 saturated carbocycles. The summed E-state index contributed by atoms with van der Waals surface area (Å²) in [7, 11) is 2.04. The number of carbonyl (C=O) groups excluding carboxylic acids is 1. The number of rotatable bonds is 6. The molecule has 0 saturated heterocycles. The largest absolute Gasteiger partial charge is 0.296 e. The van der Waals surface area contributed by atoms with Crippen molar-refractivity contribution in [3.05, 3.63) is 21.4 Å². The molecule has 0 amide bonds. The Labute approximate surface area is 115 Å². The molecular formula is C15H25NOS. The molecule has 0 spiro atoms. The smallest absolute Gasteiger partial charge is 0.177 e. The van der Waals surface area contributed by atoms with Gasteiger partial charge in [0.2, 0.25) is 0 Å². The van der Waals surface area contributed by atoms with Crippen molar-refractivity contribution in [3.63, 3.8) is 0 Å². The number of Topliss-reactive ketones (excluding diaryl/α,β-unsaturated/α-hetero) is 1.